The maximum absolute atomic E-state index is 10.9. The molecular formula is C8H11ClO. The number of hydrogen-bond acceptors (Lipinski definition) is 1. The van der Waals surface area contributed by atoms with Gasteiger partial charge in [0.15, 0.2) is 0 Å². The van der Waals surface area contributed by atoms with Gasteiger partial charge in [0, 0.05) is 5.92 Å². The minimum atomic E-state index is -0.0787. The molecule has 2 heteroatoms. The van der Waals surface area contributed by atoms with E-state index in [1.807, 2.05) is 0 Å². The van der Waals surface area contributed by atoms with E-state index < -0.39 is 0 Å². The number of halogens is 1. The van der Waals surface area contributed by atoms with Crippen molar-refractivity contribution in [1.29, 1.82) is 0 Å². The van der Waals surface area contributed by atoms with Crippen LogP contribution in [0.5, 0.6) is 0 Å². The molecule has 2 rings (SSSR count). The third-order valence-corrected chi connectivity index (χ3v) is 2.77. The van der Waals surface area contributed by atoms with Crippen LogP contribution in [0, 0.1) is 17.8 Å². The highest BCUT2D eigenvalue weighted by Crippen LogP contribution is 2.49. The van der Waals surface area contributed by atoms with Gasteiger partial charge in [-0.3, -0.25) is 4.79 Å². The summed E-state index contributed by atoms with van der Waals surface area (Å²) in [7, 11) is 0. The normalized spacial score (nSPS) is 25.4. The van der Waals surface area contributed by atoms with E-state index in [0.717, 1.165) is 0 Å². The largest absolute Gasteiger partial charge is 0.281 e. The van der Waals surface area contributed by atoms with Gasteiger partial charge in [0.25, 0.3) is 0 Å². The van der Waals surface area contributed by atoms with E-state index >= 15 is 0 Å². The Balaban J connectivity index is 1.98. The van der Waals surface area contributed by atoms with Gasteiger partial charge in [-0.15, -0.1) is 0 Å². The lowest BCUT2D eigenvalue weighted by atomic mass is 10.00. The summed E-state index contributed by atoms with van der Waals surface area (Å²) in [5.41, 5.74) is 0. The zero-order valence-electron chi connectivity index (χ0n) is 5.85. The van der Waals surface area contributed by atoms with Crippen LogP contribution >= 0.6 is 11.6 Å². The highest BCUT2D eigenvalue weighted by atomic mass is 35.5. The van der Waals surface area contributed by atoms with E-state index in [4.69, 9.17) is 11.6 Å². The molecule has 0 bridgehead atoms. The minimum Gasteiger partial charge on any atom is -0.281 e. The fourth-order valence-corrected chi connectivity index (χ4v) is 2.02. The third kappa shape index (κ3) is 1.20. The van der Waals surface area contributed by atoms with Crippen LogP contribution in [0.15, 0.2) is 0 Å². The number of rotatable bonds is 3. The summed E-state index contributed by atoms with van der Waals surface area (Å²) in [6, 6.07) is 0. The first-order valence-corrected chi connectivity index (χ1v) is 4.36. The molecule has 2 fully saturated rings. The van der Waals surface area contributed by atoms with E-state index in [0.29, 0.717) is 11.8 Å². The van der Waals surface area contributed by atoms with Gasteiger partial charge in [-0.2, -0.15) is 0 Å². The molecule has 2 aliphatic rings. The van der Waals surface area contributed by atoms with Gasteiger partial charge in [0.1, 0.15) is 0 Å². The van der Waals surface area contributed by atoms with Crippen molar-refractivity contribution in [3.63, 3.8) is 0 Å². The molecule has 10 heavy (non-hydrogen) atoms. The summed E-state index contributed by atoms with van der Waals surface area (Å²) < 4.78 is 0. The standard InChI is InChI=1S/C8H11ClO/c9-8(10)7(5-1-2-5)6-3-4-6/h5-7H,1-4H2. The Bertz CT molecular complexity index is 147. The molecule has 0 atom stereocenters. The van der Waals surface area contributed by atoms with Crippen LogP contribution in [0.25, 0.3) is 0 Å². The zero-order valence-corrected chi connectivity index (χ0v) is 6.60. The molecule has 0 amide bonds. The Hall–Kier alpha value is -0.0400. The first-order chi connectivity index (χ1) is 4.79. The Morgan fingerprint density at radius 3 is 1.80 bits per heavy atom. The molecule has 0 unspecified atom stereocenters. The minimum absolute atomic E-state index is 0.0787. The van der Waals surface area contributed by atoms with E-state index in [2.05, 4.69) is 0 Å². The first kappa shape index (κ1) is 6.66. The van der Waals surface area contributed by atoms with Crippen molar-refractivity contribution in [2.75, 3.05) is 0 Å². The van der Waals surface area contributed by atoms with Gasteiger partial charge in [-0.05, 0) is 49.1 Å². The molecule has 1 nitrogen and oxygen atoms in total. The van der Waals surface area contributed by atoms with Crippen molar-refractivity contribution >= 4 is 16.8 Å². The van der Waals surface area contributed by atoms with Crippen LogP contribution in [0.1, 0.15) is 25.7 Å². The van der Waals surface area contributed by atoms with E-state index in [9.17, 15) is 4.79 Å². The van der Waals surface area contributed by atoms with Gasteiger partial charge in [-0.25, -0.2) is 0 Å². The van der Waals surface area contributed by atoms with Crippen molar-refractivity contribution in [2.24, 2.45) is 17.8 Å². The summed E-state index contributed by atoms with van der Waals surface area (Å²) in [6.07, 6.45) is 4.94. The molecule has 0 heterocycles. The van der Waals surface area contributed by atoms with Crippen molar-refractivity contribution in [3.8, 4) is 0 Å². The smallest absolute Gasteiger partial charge is 0.225 e. The number of carbonyl (C=O) groups excluding carboxylic acids is 1. The predicted octanol–water partition coefficient (Wildman–Crippen LogP) is 2.19. The second kappa shape index (κ2) is 2.23. The van der Waals surface area contributed by atoms with Crippen molar-refractivity contribution < 1.29 is 4.79 Å². The Kier molecular flexibility index (Phi) is 1.48. The Morgan fingerprint density at radius 1 is 1.20 bits per heavy atom. The molecule has 0 radical (unpaired) electrons. The van der Waals surface area contributed by atoms with Crippen molar-refractivity contribution in [3.05, 3.63) is 0 Å². The zero-order chi connectivity index (χ0) is 7.14. The molecule has 0 aromatic rings. The topological polar surface area (TPSA) is 17.1 Å². The lowest BCUT2D eigenvalue weighted by Crippen LogP contribution is -2.13. The van der Waals surface area contributed by atoms with Gasteiger partial charge >= 0.3 is 0 Å². The maximum atomic E-state index is 10.9. The third-order valence-electron chi connectivity index (χ3n) is 2.52. The first-order valence-electron chi connectivity index (χ1n) is 3.98. The van der Waals surface area contributed by atoms with Crippen LogP contribution in [-0.2, 0) is 4.79 Å². The average Bonchev–Trinajstić information content (AvgIpc) is 2.49. The molecule has 0 aromatic carbocycles. The van der Waals surface area contributed by atoms with Gasteiger partial charge in [0.2, 0.25) is 5.24 Å². The fourth-order valence-electron chi connectivity index (χ4n) is 1.67. The molecule has 56 valence electrons. The highest BCUT2D eigenvalue weighted by molar-refractivity contribution is 6.64. The van der Waals surface area contributed by atoms with E-state index in [-0.39, 0.29) is 11.2 Å². The lowest BCUT2D eigenvalue weighted by Gasteiger charge is -2.07. The van der Waals surface area contributed by atoms with E-state index in [1.165, 1.54) is 25.7 Å². The van der Waals surface area contributed by atoms with Crippen molar-refractivity contribution in [2.45, 2.75) is 25.7 Å². The summed E-state index contributed by atoms with van der Waals surface area (Å²) in [4.78, 5) is 10.9. The van der Waals surface area contributed by atoms with Crippen LogP contribution < -0.4 is 0 Å². The monoisotopic (exact) mass is 158 g/mol. The highest BCUT2D eigenvalue weighted by Gasteiger charge is 2.44. The molecular weight excluding hydrogens is 148 g/mol. The van der Waals surface area contributed by atoms with Gasteiger partial charge in [-0.1, -0.05) is 0 Å². The quantitative estimate of drug-likeness (QED) is 0.576. The van der Waals surface area contributed by atoms with Crippen molar-refractivity contribution in [1.82, 2.24) is 0 Å². The fraction of sp³-hybridized carbons (Fsp3) is 0.875. The Morgan fingerprint density at radius 2 is 1.60 bits per heavy atom. The number of carbonyl (C=O) groups is 1. The summed E-state index contributed by atoms with van der Waals surface area (Å²) in [5.74, 6) is 1.57. The van der Waals surface area contributed by atoms with Gasteiger partial charge in [0.05, 0.1) is 0 Å². The van der Waals surface area contributed by atoms with Crippen LogP contribution in [-0.4, -0.2) is 5.24 Å². The molecule has 0 aliphatic heterocycles. The Labute approximate surface area is 65.7 Å². The average molecular weight is 159 g/mol. The molecule has 0 N–H and O–H groups in total. The summed E-state index contributed by atoms with van der Waals surface area (Å²) in [5, 5.41) is -0.0787. The molecule has 0 saturated heterocycles. The molecule has 2 aliphatic carbocycles. The van der Waals surface area contributed by atoms with E-state index in [1.54, 1.807) is 0 Å². The van der Waals surface area contributed by atoms with Crippen LogP contribution in [0.4, 0.5) is 0 Å². The van der Waals surface area contributed by atoms with Gasteiger partial charge < -0.3 is 0 Å². The van der Waals surface area contributed by atoms with Crippen LogP contribution in [0.2, 0.25) is 0 Å². The summed E-state index contributed by atoms with van der Waals surface area (Å²) >= 11 is 5.47. The molecule has 0 spiro atoms. The second-order valence-corrected chi connectivity index (χ2v) is 3.88. The van der Waals surface area contributed by atoms with Crippen LogP contribution in [0.3, 0.4) is 0 Å². The SMILES string of the molecule is O=C(Cl)C(C1CC1)C1CC1. The maximum Gasteiger partial charge on any atom is 0.225 e. The lowest BCUT2D eigenvalue weighted by molar-refractivity contribution is -0.116. The second-order valence-electron chi connectivity index (χ2n) is 3.50. The number of hydrogen-bond donors (Lipinski definition) is 0. The predicted molar refractivity (Wildman–Crippen MR) is 39.8 cm³/mol. The molecule has 2 saturated carbocycles. The summed E-state index contributed by atoms with van der Waals surface area (Å²) in [6.45, 7) is 0. The molecule has 0 aromatic heterocycles.